The first kappa shape index (κ1) is 21.2. The molecular weight excluding hydrogens is 392 g/mol. The van der Waals surface area contributed by atoms with Crippen molar-refractivity contribution in [1.29, 1.82) is 0 Å². The Balaban J connectivity index is 2.27. The maximum absolute atomic E-state index is 12.6. The van der Waals surface area contributed by atoms with Crippen LogP contribution in [0.3, 0.4) is 0 Å². The number of carbonyl (C=O) groups is 1. The molecule has 26 heavy (non-hydrogen) atoms. The summed E-state index contributed by atoms with van der Waals surface area (Å²) in [6.45, 7) is 10.0. The van der Waals surface area contributed by atoms with E-state index in [-0.39, 0.29) is 17.8 Å². The molecule has 0 aromatic heterocycles. The van der Waals surface area contributed by atoms with Gasteiger partial charge in [-0.15, -0.1) is 0 Å². The average molecular weight is 423 g/mol. The maximum atomic E-state index is 12.6. The van der Waals surface area contributed by atoms with Gasteiger partial charge >= 0.3 is 0 Å². The van der Waals surface area contributed by atoms with Crippen LogP contribution < -0.4 is 0 Å². The number of rotatable bonds is 10. The fourth-order valence-electron chi connectivity index (χ4n) is 3.01. The normalized spacial score (nSPS) is 19.4. The number of ether oxygens (including phenoxy) is 2. The van der Waals surface area contributed by atoms with Gasteiger partial charge in [0, 0.05) is 12.2 Å². The molecule has 0 heterocycles. The first-order valence-electron chi connectivity index (χ1n) is 9.58. The molecule has 2 atom stereocenters. The second-order valence-electron chi connectivity index (χ2n) is 7.75. The van der Waals surface area contributed by atoms with Gasteiger partial charge in [0.15, 0.2) is 5.78 Å². The fraction of sp³-hybridized carbons (Fsp3) is 0.591. The zero-order chi connectivity index (χ0) is 19.1. The van der Waals surface area contributed by atoms with Gasteiger partial charge in [-0.1, -0.05) is 67.9 Å². The lowest BCUT2D eigenvalue weighted by molar-refractivity contribution is -0.123. The number of carbonyl (C=O) groups excluding carboxylic acids is 1. The summed E-state index contributed by atoms with van der Waals surface area (Å²) in [5.41, 5.74) is 2.10. The van der Waals surface area contributed by atoms with E-state index in [2.05, 4.69) is 55.8 Å². The third kappa shape index (κ3) is 5.68. The number of alkyl halides is 1. The zero-order valence-electron chi connectivity index (χ0n) is 16.3. The molecule has 4 heteroatoms. The van der Waals surface area contributed by atoms with Crippen molar-refractivity contribution in [1.82, 2.24) is 0 Å². The van der Waals surface area contributed by atoms with Crippen molar-refractivity contribution in [2.45, 2.75) is 46.6 Å². The van der Waals surface area contributed by atoms with E-state index in [9.17, 15) is 4.79 Å². The number of ketones is 1. The van der Waals surface area contributed by atoms with Crippen LogP contribution in [0.2, 0.25) is 0 Å². The Bertz CT molecular complexity index is 622. The van der Waals surface area contributed by atoms with Crippen LogP contribution in [0.4, 0.5) is 0 Å². The van der Waals surface area contributed by atoms with E-state index in [1.807, 2.05) is 18.2 Å². The van der Waals surface area contributed by atoms with Crippen LogP contribution in [0.5, 0.6) is 0 Å². The van der Waals surface area contributed by atoms with Crippen LogP contribution in [-0.2, 0) is 14.3 Å². The molecule has 2 unspecified atom stereocenters. The Kier molecular flexibility index (Phi) is 8.36. The van der Waals surface area contributed by atoms with E-state index in [0.29, 0.717) is 30.4 Å². The zero-order valence-corrected chi connectivity index (χ0v) is 17.9. The first-order chi connectivity index (χ1) is 12.4. The summed E-state index contributed by atoms with van der Waals surface area (Å²) >= 11 is 3.33. The van der Waals surface area contributed by atoms with Crippen molar-refractivity contribution in [2.75, 3.05) is 18.5 Å². The molecule has 0 bridgehead atoms. The van der Waals surface area contributed by atoms with Crippen LogP contribution >= 0.6 is 15.9 Å². The molecule has 0 fully saturated rings. The molecule has 0 saturated carbocycles. The number of hydrogen-bond acceptors (Lipinski definition) is 3. The summed E-state index contributed by atoms with van der Waals surface area (Å²) in [6.07, 6.45) is 3.69. The number of Topliss-reactive ketones (excluding diaryl/α,β-unsaturated/α-hetero) is 1. The molecular formula is C22H31BrO3. The minimum Gasteiger partial charge on any atom is -0.493 e. The number of hydrogen-bond donors (Lipinski definition) is 0. The van der Waals surface area contributed by atoms with Gasteiger partial charge in [-0.25, -0.2) is 0 Å². The van der Waals surface area contributed by atoms with Gasteiger partial charge in [-0.2, -0.15) is 0 Å². The number of benzene rings is 1. The summed E-state index contributed by atoms with van der Waals surface area (Å²) < 4.78 is 12.3. The summed E-state index contributed by atoms with van der Waals surface area (Å²) in [7, 11) is 0. The molecule has 0 N–H and O–H groups in total. The third-order valence-electron chi connectivity index (χ3n) is 4.64. The molecule has 0 amide bonds. The van der Waals surface area contributed by atoms with Crippen LogP contribution in [-0.4, -0.2) is 24.3 Å². The van der Waals surface area contributed by atoms with Gasteiger partial charge in [0.1, 0.15) is 5.76 Å². The van der Waals surface area contributed by atoms with Crippen molar-refractivity contribution in [2.24, 2.45) is 17.8 Å². The minimum absolute atomic E-state index is 0.124. The van der Waals surface area contributed by atoms with Crippen LogP contribution in [0, 0.1) is 17.8 Å². The van der Waals surface area contributed by atoms with E-state index < -0.39 is 0 Å². The lowest BCUT2D eigenvalue weighted by Crippen LogP contribution is -2.28. The molecule has 0 saturated heterocycles. The van der Waals surface area contributed by atoms with Crippen molar-refractivity contribution in [3.05, 3.63) is 41.5 Å². The maximum Gasteiger partial charge on any atom is 0.153 e. The summed E-state index contributed by atoms with van der Waals surface area (Å²) in [5, 5.41) is 0.319. The average Bonchev–Trinajstić information content (AvgIpc) is 2.61. The monoisotopic (exact) mass is 422 g/mol. The predicted molar refractivity (Wildman–Crippen MR) is 110 cm³/mol. The highest BCUT2D eigenvalue weighted by Gasteiger charge is 2.35. The van der Waals surface area contributed by atoms with Gasteiger partial charge in [0.05, 0.1) is 24.0 Å². The van der Waals surface area contributed by atoms with Crippen LogP contribution in [0.1, 0.15) is 57.8 Å². The second kappa shape index (κ2) is 10.3. The van der Waals surface area contributed by atoms with Gasteiger partial charge in [-0.05, 0) is 36.3 Å². The van der Waals surface area contributed by atoms with Gasteiger partial charge in [-0.3, -0.25) is 4.79 Å². The Morgan fingerprint density at radius 3 is 2.38 bits per heavy atom. The topological polar surface area (TPSA) is 35.5 Å². The van der Waals surface area contributed by atoms with Crippen molar-refractivity contribution >= 4 is 27.5 Å². The van der Waals surface area contributed by atoms with Crippen LogP contribution in [0.25, 0.3) is 5.76 Å². The van der Waals surface area contributed by atoms with E-state index in [0.717, 1.165) is 29.7 Å². The molecule has 1 aromatic rings. The summed E-state index contributed by atoms with van der Waals surface area (Å²) in [6, 6.07) is 8.13. The smallest absolute Gasteiger partial charge is 0.153 e. The predicted octanol–water partition coefficient (Wildman–Crippen LogP) is 5.79. The van der Waals surface area contributed by atoms with Gasteiger partial charge < -0.3 is 9.47 Å². The Morgan fingerprint density at radius 1 is 1.08 bits per heavy atom. The largest absolute Gasteiger partial charge is 0.493 e. The van der Waals surface area contributed by atoms with E-state index in [1.165, 1.54) is 0 Å². The second-order valence-corrected chi connectivity index (χ2v) is 8.31. The van der Waals surface area contributed by atoms with Crippen molar-refractivity contribution < 1.29 is 14.3 Å². The molecule has 1 aliphatic carbocycles. The molecule has 3 nitrogen and oxygen atoms in total. The van der Waals surface area contributed by atoms with Gasteiger partial charge in [0.2, 0.25) is 0 Å². The highest BCUT2D eigenvalue weighted by atomic mass is 79.9. The highest BCUT2D eigenvalue weighted by Crippen LogP contribution is 2.40. The highest BCUT2D eigenvalue weighted by molar-refractivity contribution is 9.09. The molecule has 1 aliphatic rings. The molecule has 144 valence electrons. The molecule has 0 spiro atoms. The quantitative estimate of drug-likeness (QED) is 0.447. The first-order valence-corrected chi connectivity index (χ1v) is 10.7. The Labute approximate surface area is 166 Å². The molecule has 0 aliphatic heterocycles. The van der Waals surface area contributed by atoms with E-state index >= 15 is 0 Å². The van der Waals surface area contributed by atoms with Gasteiger partial charge in [0.25, 0.3) is 0 Å². The van der Waals surface area contributed by atoms with Crippen molar-refractivity contribution in [3.8, 4) is 0 Å². The molecule has 0 radical (unpaired) electrons. The van der Waals surface area contributed by atoms with E-state index in [1.54, 1.807) is 0 Å². The van der Waals surface area contributed by atoms with E-state index in [4.69, 9.17) is 9.47 Å². The van der Waals surface area contributed by atoms with Crippen molar-refractivity contribution in [3.63, 3.8) is 0 Å². The summed E-state index contributed by atoms with van der Waals surface area (Å²) in [4.78, 5) is 12.6. The molecule has 1 aromatic carbocycles. The summed E-state index contributed by atoms with van der Waals surface area (Å²) in [5.74, 6) is 1.78. The van der Waals surface area contributed by atoms with Crippen LogP contribution in [0.15, 0.2) is 30.3 Å². The fourth-order valence-corrected chi connectivity index (χ4v) is 3.38. The Morgan fingerprint density at radius 2 is 1.73 bits per heavy atom. The number of fused-ring (bicyclic) bond motifs is 1. The number of halogens is 1. The molecule has 2 rings (SSSR count). The lowest BCUT2D eigenvalue weighted by Gasteiger charge is -2.31. The Hall–Kier alpha value is -1.13. The SMILES string of the molecule is CC(C)CCOC1=CC(C(=O)CBr)C(OCCC(C)C)c2ccccc21. The minimum atomic E-state index is -0.314. The standard InChI is InChI=1S/C22H31BrO3/c1-15(2)9-11-25-21-13-19(20(24)14-23)22(26-12-10-16(3)4)18-8-6-5-7-17(18)21/h5-8,13,15-16,19,22H,9-12,14H2,1-4H3. The lowest BCUT2D eigenvalue weighted by atomic mass is 9.83. The third-order valence-corrected chi connectivity index (χ3v) is 5.19.